The fourth-order valence-electron chi connectivity index (χ4n) is 1.71. The van der Waals surface area contributed by atoms with Gasteiger partial charge in [0.15, 0.2) is 0 Å². The Bertz CT molecular complexity index is 92.5. The van der Waals surface area contributed by atoms with Crippen LogP contribution in [0.4, 0.5) is 0 Å². The highest BCUT2D eigenvalue weighted by atomic mass is 16.3. The lowest BCUT2D eigenvalue weighted by molar-refractivity contribution is 0.277. The number of hydrogen-bond acceptors (Lipinski definition) is 2. The summed E-state index contributed by atoms with van der Waals surface area (Å²) in [5, 5.41) is 17.2. The minimum Gasteiger partial charge on any atom is -0.396 e. The normalized spacial score (nSPS) is 11.1. The first kappa shape index (κ1) is 13.9. The quantitative estimate of drug-likeness (QED) is 0.535. The number of unbranched alkanes of at least 4 members (excludes halogenated alkanes) is 4. The molecule has 0 aliphatic carbocycles. The molecule has 2 nitrogen and oxygen atoms in total. The molecule has 0 spiro atoms. The lowest BCUT2D eigenvalue weighted by Gasteiger charge is -2.10. The van der Waals surface area contributed by atoms with E-state index in [2.05, 4.69) is 6.92 Å². The van der Waals surface area contributed by atoms with E-state index in [1.54, 1.807) is 0 Å². The van der Waals surface area contributed by atoms with E-state index in [0.717, 1.165) is 31.6 Å². The first-order valence-electron chi connectivity index (χ1n) is 6.03. The third-order valence-corrected chi connectivity index (χ3v) is 2.71. The lowest BCUT2D eigenvalue weighted by atomic mass is 9.97. The van der Waals surface area contributed by atoms with Crippen molar-refractivity contribution in [2.75, 3.05) is 13.2 Å². The molecule has 86 valence electrons. The zero-order chi connectivity index (χ0) is 10.6. The molecule has 0 amide bonds. The average Bonchev–Trinajstić information content (AvgIpc) is 2.19. The van der Waals surface area contributed by atoms with Gasteiger partial charge < -0.3 is 10.2 Å². The topological polar surface area (TPSA) is 40.5 Å². The summed E-state index contributed by atoms with van der Waals surface area (Å²) in [6.45, 7) is 2.98. The monoisotopic (exact) mass is 202 g/mol. The third kappa shape index (κ3) is 10.0. The molecular weight excluding hydrogens is 176 g/mol. The van der Waals surface area contributed by atoms with Gasteiger partial charge in [0.1, 0.15) is 0 Å². The second kappa shape index (κ2) is 11.0. The number of aliphatic hydroxyl groups excluding tert-OH is 2. The molecule has 0 aliphatic heterocycles. The van der Waals surface area contributed by atoms with Crippen LogP contribution in [0.2, 0.25) is 0 Å². The molecule has 0 aromatic carbocycles. The molecular formula is C12H26O2. The predicted molar refractivity (Wildman–Crippen MR) is 60.3 cm³/mol. The van der Waals surface area contributed by atoms with Crippen molar-refractivity contribution in [1.29, 1.82) is 0 Å². The van der Waals surface area contributed by atoms with Crippen molar-refractivity contribution >= 4 is 0 Å². The van der Waals surface area contributed by atoms with E-state index in [1.165, 1.54) is 25.7 Å². The maximum atomic E-state index is 8.61. The molecule has 0 unspecified atom stereocenters. The molecule has 2 heteroatoms. The Hall–Kier alpha value is -0.0800. The fraction of sp³-hybridized carbons (Fsp3) is 1.00. The summed E-state index contributed by atoms with van der Waals surface area (Å²) in [5.41, 5.74) is 0. The Morgan fingerprint density at radius 3 is 1.50 bits per heavy atom. The zero-order valence-electron chi connectivity index (χ0n) is 9.54. The predicted octanol–water partition coefficient (Wildman–Crippen LogP) is 2.73. The first-order chi connectivity index (χ1) is 6.81. The van der Waals surface area contributed by atoms with Crippen molar-refractivity contribution in [3.63, 3.8) is 0 Å². The summed E-state index contributed by atoms with van der Waals surface area (Å²) >= 11 is 0. The summed E-state index contributed by atoms with van der Waals surface area (Å²) in [7, 11) is 0. The van der Waals surface area contributed by atoms with Crippen molar-refractivity contribution in [3.8, 4) is 0 Å². The van der Waals surface area contributed by atoms with Gasteiger partial charge in [0.05, 0.1) is 0 Å². The maximum absolute atomic E-state index is 8.61. The maximum Gasteiger partial charge on any atom is 0.0431 e. The molecule has 0 aliphatic rings. The molecule has 0 saturated carbocycles. The molecule has 0 atom stereocenters. The van der Waals surface area contributed by atoms with Crippen LogP contribution in [0.15, 0.2) is 0 Å². The van der Waals surface area contributed by atoms with E-state index < -0.39 is 0 Å². The fourth-order valence-corrected chi connectivity index (χ4v) is 1.71. The molecule has 0 heterocycles. The summed E-state index contributed by atoms with van der Waals surface area (Å²) in [5.74, 6) is 0.812. The van der Waals surface area contributed by atoms with Gasteiger partial charge in [-0.1, -0.05) is 45.4 Å². The molecule has 0 bridgehead atoms. The number of rotatable bonds is 10. The van der Waals surface area contributed by atoms with Gasteiger partial charge in [-0.05, 0) is 18.8 Å². The van der Waals surface area contributed by atoms with Crippen molar-refractivity contribution < 1.29 is 10.2 Å². The van der Waals surface area contributed by atoms with Gasteiger partial charge in [0, 0.05) is 13.2 Å². The highest BCUT2D eigenvalue weighted by molar-refractivity contribution is 4.54. The van der Waals surface area contributed by atoms with Gasteiger partial charge in [-0.3, -0.25) is 0 Å². The summed E-state index contributed by atoms with van der Waals surface area (Å²) in [6.07, 6.45) is 9.32. The van der Waals surface area contributed by atoms with Gasteiger partial charge in [-0.25, -0.2) is 0 Å². The number of hydrogen-bond donors (Lipinski definition) is 2. The van der Waals surface area contributed by atoms with E-state index in [0.29, 0.717) is 13.2 Å². The summed E-state index contributed by atoms with van der Waals surface area (Å²) in [6, 6.07) is 0. The molecule has 0 rings (SSSR count). The van der Waals surface area contributed by atoms with Crippen LogP contribution in [0.25, 0.3) is 0 Å². The largest absolute Gasteiger partial charge is 0.396 e. The van der Waals surface area contributed by atoms with Crippen LogP contribution >= 0.6 is 0 Å². The molecule has 0 saturated heterocycles. The lowest BCUT2D eigenvalue weighted by Crippen LogP contribution is -1.96. The highest BCUT2D eigenvalue weighted by Gasteiger charge is 2.01. The Morgan fingerprint density at radius 2 is 1.14 bits per heavy atom. The van der Waals surface area contributed by atoms with Crippen LogP contribution in [0.3, 0.4) is 0 Å². The van der Waals surface area contributed by atoms with Gasteiger partial charge in [0.25, 0.3) is 0 Å². The summed E-state index contributed by atoms with van der Waals surface area (Å²) < 4.78 is 0. The average molecular weight is 202 g/mol. The Balaban J connectivity index is 3.07. The Kier molecular flexibility index (Phi) is 10.9. The van der Waals surface area contributed by atoms with Crippen molar-refractivity contribution in [3.05, 3.63) is 0 Å². The van der Waals surface area contributed by atoms with E-state index >= 15 is 0 Å². The van der Waals surface area contributed by atoms with Crippen LogP contribution in [0, 0.1) is 5.92 Å². The van der Waals surface area contributed by atoms with Gasteiger partial charge in [0.2, 0.25) is 0 Å². The molecule has 14 heavy (non-hydrogen) atoms. The van der Waals surface area contributed by atoms with Crippen LogP contribution in [-0.2, 0) is 0 Å². The second-order valence-electron chi connectivity index (χ2n) is 4.25. The highest BCUT2D eigenvalue weighted by Crippen LogP contribution is 2.16. The van der Waals surface area contributed by atoms with Crippen LogP contribution in [0.5, 0.6) is 0 Å². The van der Waals surface area contributed by atoms with E-state index in [-0.39, 0.29) is 0 Å². The molecule has 2 N–H and O–H groups in total. The van der Waals surface area contributed by atoms with Crippen molar-refractivity contribution in [2.45, 2.75) is 58.3 Å². The Morgan fingerprint density at radius 1 is 0.714 bits per heavy atom. The Labute approximate surface area is 88.3 Å². The van der Waals surface area contributed by atoms with Crippen LogP contribution in [0.1, 0.15) is 58.3 Å². The minimum absolute atomic E-state index is 0.338. The third-order valence-electron chi connectivity index (χ3n) is 2.71. The minimum atomic E-state index is 0.338. The van der Waals surface area contributed by atoms with Crippen LogP contribution < -0.4 is 0 Å². The van der Waals surface area contributed by atoms with Crippen molar-refractivity contribution in [2.24, 2.45) is 5.92 Å². The smallest absolute Gasteiger partial charge is 0.0431 e. The van der Waals surface area contributed by atoms with E-state index in [4.69, 9.17) is 10.2 Å². The summed E-state index contributed by atoms with van der Waals surface area (Å²) in [4.78, 5) is 0. The zero-order valence-corrected chi connectivity index (χ0v) is 9.54. The molecule has 0 aromatic rings. The molecule has 0 fully saturated rings. The second-order valence-corrected chi connectivity index (χ2v) is 4.25. The molecule has 0 radical (unpaired) electrons. The standard InChI is InChI=1S/C12H26O2/c1-12(8-4-2-6-10-13)9-5-3-7-11-14/h12-14H,2-11H2,1H3. The van der Waals surface area contributed by atoms with Gasteiger partial charge in [-0.2, -0.15) is 0 Å². The number of aliphatic hydroxyl groups is 2. The van der Waals surface area contributed by atoms with Crippen LogP contribution in [-0.4, -0.2) is 23.4 Å². The van der Waals surface area contributed by atoms with Gasteiger partial charge >= 0.3 is 0 Å². The van der Waals surface area contributed by atoms with Crippen molar-refractivity contribution in [1.82, 2.24) is 0 Å². The first-order valence-corrected chi connectivity index (χ1v) is 6.03. The molecule has 0 aromatic heterocycles. The SMILES string of the molecule is CC(CCCCCO)CCCCCO. The van der Waals surface area contributed by atoms with E-state index in [1.807, 2.05) is 0 Å². The van der Waals surface area contributed by atoms with Gasteiger partial charge in [-0.15, -0.1) is 0 Å². The van der Waals surface area contributed by atoms with E-state index in [9.17, 15) is 0 Å².